The Labute approximate surface area is 115 Å². The van der Waals surface area contributed by atoms with Gasteiger partial charge in [-0.15, -0.1) is 0 Å². The summed E-state index contributed by atoms with van der Waals surface area (Å²) in [6.07, 6.45) is 1.04. The van der Waals surface area contributed by atoms with Crippen molar-refractivity contribution in [2.45, 2.75) is 12.5 Å². The van der Waals surface area contributed by atoms with Gasteiger partial charge in [0.25, 0.3) is 0 Å². The minimum atomic E-state index is 0.259. The fraction of sp³-hybridized carbons (Fsp3) is 0.294. The molecule has 1 N–H and O–H groups in total. The van der Waals surface area contributed by atoms with Crippen molar-refractivity contribution in [2.75, 3.05) is 20.3 Å². The highest BCUT2D eigenvalue weighted by atomic mass is 16.5. The molecular weight excluding hydrogens is 234 g/mol. The predicted octanol–water partition coefficient (Wildman–Crippen LogP) is 3.21. The van der Waals surface area contributed by atoms with Gasteiger partial charge in [0.2, 0.25) is 0 Å². The van der Waals surface area contributed by atoms with E-state index in [4.69, 9.17) is 4.74 Å². The third kappa shape index (κ3) is 4.51. The summed E-state index contributed by atoms with van der Waals surface area (Å²) in [5.41, 5.74) is 2.64. The normalized spacial score (nSPS) is 12.3. The van der Waals surface area contributed by atoms with Crippen LogP contribution in [-0.2, 0) is 11.2 Å². The zero-order valence-electron chi connectivity index (χ0n) is 11.4. The maximum Gasteiger partial charge on any atom is 0.0657 e. The molecule has 0 saturated carbocycles. The van der Waals surface area contributed by atoms with Crippen molar-refractivity contribution in [3.05, 3.63) is 71.8 Å². The van der Waals surface area contributed by atoms with Crippen molar-refractivity contribution in [1.82, 2.24) is 5.32 Å². The van der Waals surface area contributed by atoms with E-state index in [-0.39, 0.29) is 6.04 Å². The first kappa shape index (κ1) is 13.8. The molecule has 0 aliphatic carbocycles. The lowest BCUT2D eigenvalue weighted by Gasteiger charge is -2.18. The smallest absolute Gasteiger partial charge is 0.0657 e. The lowest BCUT2D eigenvalue weighted by atomic mass is 10.1. The fourth-order valence-corrected chi connectivity index (χ4v) is 2.16. The van der Waals surface area contributed by atoms with Gasteiger partial charge in [0.05, 0.1) is 12.6 Å². The van der Waals surface area contributed by atoms with Crippen LogP contribution in [0.4, 0.5) is 0 Å². The van der Waals surface area contributed by atoms with Crippen molar-refractivity contribution < 1.29 is 4.74 Å². The Kier molecular flexibility index (Phi) is 5.60. The molecule has 0 amide bonds. The van der Waals surface area contributed by atoms with Crippen molar-refractivity contribution >= 4 is 0 Å². The van der Waals surface area contributed by atoms with E-state index in [2.05, 4.69) is 59.9 Å². The molecule has 0 aliphatic heterocycles. The quantitative estimate of drug-likeness (QED) is 0.820. The van der Waals surface area contributed by atoms with E-state index in [1.165, 1.54) is 11.1 Å². The van der Waals surface area contributed by atoms with Gasteiger partial charge in [-0.05, 0) is 24.1 Å². The lowest BCUT2D eigenvalue weighted by Crippen LogP contribution is -2.27. The van der Waals surface area contributed by atoms with E-state index < -0.39 is 0 Å². The topological polar surface area (TPSA) is 21.3 Å². The second-order valence-electron chi connectivity index (χ2n) is 4.61. The zero-order chi connectivity index (χ0) is 13.3. The summed E-state index contributed by atoms with van der Waals surface area (Å²) in [5, 5.41) is 3.56. The Balaban J connectivity index is 1.87. The lowest BCUT2D eigenvalue weighted by molar-refractivity contribution is 0.167. The van der Waals surface area contributed by atoms with Crippen LogP contribution in [0.25, 0.3) is 0 Å². The van der Waals surface area contributed by atoms with Crippen molar-refractivity contribution in [1.29, 1.82) is 0 Å². The van der Waals surface area contributed by atoms with E-state index in [0.717, 1.165) is 13.0 Å². The summed E-state index contributed by atoms with van der Waals surface area (Å²) >= 11 is 0. The van der Waals surface area contributed by atoms with Gasteiger partial charge in [0.15, 0.2) is 0 Å². The summed E-state index contributed by atoms with van der Waals surface area (Å²) in [4.78, 5) is 0. The van der Waals surface area contributed by atoms with Gasteiger partial charge in [-0.1, -0.05) is 60.7 Å². The van der Waals surface area contributed by atoms with Crippen LogP contribution in [0.3, 0.4) is 0 Å². The summed E-state index contributed by atoms with van der Waals surface area (Å²) < 4.78 is 5.30. The molecule has 2 aromatic carbocycles. The molecule has 0 heterocycles. The molecule has 0 aromatic heterocycles. The molecular formula is C17H21NO. The molecule has 0 radical (unpaired) electrons. The summed E-state index contributed by atoms with van der Waals surface area (Å²) in [6.45, 7) is 1.64. The SMILES string of the molecule is COCC(NCCc1ccccc1)c1ccccc1. The van der Waals surface area contributed by atoms with Crippen LogP contribution in [0.2, 0.25) is 0 Å². The standard InChI is InChI=1S/C17H21NO/c1-19-14-17(16-10-6-3-7-11-16)18-13-12-15-8-4-2-5-9-15/h2-11,17-18H,12-14H2,1H3. The molecule has 2 rings (SSSR count). The first-order valence-corrected chi connectivity index (χ1v) is 6.71. The van der Waals surface area contributed by atoms with E-state index in [1.54, 1.807) is 7.11 Å². The van der Waals surface area contributed by atoms with Gasteiger partial charge in [-0.3, -0.25) is 0 Å². The summed E-state index contributed by atoms with van der Waals surface area (Å²) in [7, 11) is 1.74. The minimum absolute atomic E-state index is 0.259. The number of nitrogens with one attached hydrogen (secondary N) is 1. The number of hydrogen-bond acceptors (Lipinski definition) is 2. The molecule has 100 valence electrons. The molecule has 2 aromatic rings. The average Bonchev–Trinajstić information content (AvgIpc) is 2.48. The second kappa shape index (κ2) is 7.72. The van der Waals surface area contributed by atoms with Crippen LogP contribution < -0.4 is 5.32 Å². The molecule has 0 saturated heterocycles. The Morgan fingerprint density at radius 2 is 1.58 bits per heavy atom. The van der Waals surface area contributed by atoms with Crippen LogP contribution in [0.1, 0.15) is 17.2 Å². The van der Waals surface area contributed by atoms with Crippen LogP contribution >= 0.6 is 0 Å². The molecule has 0 aliphatic rings. The molecule has 0 spiro atoms. The first-order valence-electron chi connectivity index (χ1n) is 6.71. The molecule has 2 heteroatoms. The van der Waals surface area contributed by atoms with Gasteiger partial charge < -0.3 is 10.1 Å². The number of benzene rings is 2. The molecule has 0 fully saturated rings. The number of ether oxygens (including phenoxy) is 1. The predicted molar refractivity (Wildman–Crippen MR) is 79.2 cm³/mol. The van der Waals surface area contributed by atoms with E-state index in [0.29, 0.717) is 6.61 Å². The Morgan fingerprint density at radius 3 is 2.21 bits per heavy atom. The van der Waals surface area contributed by atoms with Gasteiger partial charge in [0, 0.05) is 7.11 Å². The van der Waals surface area contributed by atoms with Gasteiger partial charge in [-0.25, -0.2) is 0 Å². The number of hydrogen-bond donors (Lipinski definition) is 1. The Morgan fingerprint density at radius 1 is 0.947 bits per heavy atom. The maximum absolute atomic E-state index is 5.30. The average molecular weight is 255 g/mol. The molecule has 1 atom stereocenters. The molecule has 19 heavy (non-hydrogen) atoms. The minimum Gasteiger partial charge on any atom is -0.383 e. The van der Waals surface area contributed by atoms with Gasteiger partial charge in [-0.2, -0.15) is 0 Å². The van der Waals surface area contributed by atoms with Crippen LogP contribution in [0.5, 0.6) is 0 Å². The van der Waals surface area contributed by atoms with E-state index in [9.17, 15) is 0 Å². The Bertz CT molecular complexity index is 455. The molecule has 1 unspecified atom stereocenters. The Hall–Kier alpha value is -1.64. The maximum atomic E-state index is 5.30. The highest BCUT2D eigenvalue weighted by molar-refractivity contribution is 5.19. The highest BCUT2D eigenvalue weighted by Gasteiger charge is 2.09. The third-order valence-corrected chi connectivity index (χ3v) is 3.18. The van der Waals surface area contributed by atoms with Gasteiger partial charge >= 0.3 is 0 Å². The number of methoxy groups -OCH3 is 1. The fourth-order valence-electron chi connectivity index (χ4n) is 2.16. The van der Waals surface area contributed by atoms with Crippen LogP contribution in [-0.4, -0.2) is 20.3 Å². The van der Waals surface area contributed by atoms with Crippen molar-refractivity contribution in [3.63, 3.8) is 0 Å². The second-order valence-corrected chi connectivity index (χ2v) is 4.61. The first-order chi connectivity index (χ1) is 9.40. The zero-order valence-corrected chi connectivity index (χ0v) is 11.4. The van der Waals surface area contributed by atoms with Gasteiger partial charge in [0.1, 0.15) is 0 Å². The summed E-state index contributed by atoms with van der Waals surface area (Å²) in [6, 6.07) is 21.2. The van der Waals surface area contributed by atoms with Crippen LogP contribution in [0.15, 0.2) is 60.7 Å². The molecule has 0 bridgehead atoms. The van der Waals surface area contributed by atoms with Crippen molar-refractivity contribution in [3.8, 4) is 0 Å². The largest absolute Gasteiger partial charge is 0.383 e. The number of rotatable bonds is 7. The summed E-state index contributed by atoms with van der Waals surface area (Å²) in [5.74, 6) is 0. The highest BCUT2D eigenvalue weighted by Crippen LogP contribution is 2.12. The van der Waals surface area contributed by atoms with E-state index >= 15 is 0 Å². The third-order valence-electron chi connectivity index (χ3n) is 3.18. The monoisotopic (exact) mass is 255 g/mol. The van der Waals surface area contributed by atoms with E-state index in [1.807, 2.05) is 6.07 Å². The molecule has 2 nitrogen and oxygen atoms in total. The van der Waals surface area contributed by atoms with Crippen molar-refractivity contribution in [2.24, 2.45) is 0 Å². The van der Waals surface area contributed by atoms with Crippen LogP contribution in [0, 0.1) is 0 Å².